The van der Waals surface area contributed by atoms with E-state index in [4.69, 9.17) is 0 Å². The lowest BCUT2D eigenvalue weighted by Gasteiger charge is -2.13. The number of nitrogens with one attached hydrogen (secondary N) is 1. The second-order valence-electron chi connectivity index (χ2n) is 6.10. The molecule has 8 heteroatoms. The fraction of sp³-hybridized carbons (Fsp3) is 0.250. The molecular weight excluding hydrogens is 384 g/mol. The van der Waals surface area contributed by atoms with Gasteiger partial charge in [0.1, 0.15) is 0 Å². The molecule has 5 nitrogen and oxygen atoms in total. The number of hydrogen-bond donors (Lipinski definition) is 1. The molecule has 0 fully saturated rings. The summed E-state index contributed by atoms with van der Waals surface area (Å²) >= 11 is 0.359. The van der Waals surface area contributed by atoms with Crippen molar-refractivity contribution in [1.82, 2.24) is 9.78 Å². The highest BCUT2D eigenvalue weighted by atomic mass is 32.2. The zero-order chi connectivity index (χ0) is 20.1. The van der Waals surface area contributed by atoms with Crippen LogP contribution in [0.3, 0.4) is 0 Å². The molecule has 0 saturated heterocycles. The first-order valence-corrected chi connectivity index (χ1v) is 9.74. The maximum absolute atomic E-state index is 12.9. The van der Waals surface area contributed by atoms with E-state index in [-0.39, 0.29) is 21.8 Å². The number of hydrogen-bond acceptors (Lipinski definition) is 4. The minimum absolute atomic E-state index is 0.0863. The van der Waals surface area contributed by atoms with Crippen molar-refractivity contribution in [3.05, 3.63) is 64.6 Å². The van der Waals surface area contributed by atoms with Gasteiger partial charge >= 0.3 is 0 Å². The van der Waals surface area contributed by atoms with Crippen molar-refractivity contribution in [3.8, 4) is 0 Å². The number of fused-ring (bicyclic) bond motifs is 1. The Morgan fingerprint density at radius 1 is 1.14 bits per heavy atom. The van der Waals surface area contributed by atoms with Gasteiger partial charge in [-0.1, -0.05) is 55.4 Å². The van der Waals surface area contributed by atoms with Crippen LogP contribution in [0, 0.1) is 0 Å². The molecule has 0 aliphatic rings. The standard InChI is InChI=1S/C20H19F2N3O2S/c1-2-3-12-25-19(27)14-9-5-4-8-13(14)17(24-25)18(26)23-15-10-6-7-11-16(15)28-20(21)22/h4-11,20H,2-3,12H2,1H3,(H,23,26). The summed E-state index contributed by atoms with van der Waals surface area (Å²) in [5.41, 5.74) is 0.104. The van der Waals surface area contributed by atoms with Crippen LogP contribution in [0.5, 0.6) is 0 Å². The summed E-state index contributed by atoms with van der Waals surface area (Å²) in [4.78, 5) is 25.8. The molecule has 0 spiro atoms. The Morgan fingerprint density at radius 3 is 2.54 bits per heavy atom. The Morgan fingerprint density at radius 2 is 1.82 bits per heavy atom. The zero-order valence-corrected chi connectivity index (χ0v) is 16.0. The number of amides is 1. The Labute approximate surface area is 164 Å². The maximum atomic E-state index is 12.9. The zero-order valence-electron chi connectivity index (χ0n) is 15.2. The van der Waals surface area contributed by atoms with Gasteiger partial charge in [-0.2, -0.15) is 13.9 Å². The predicted molar refractivity (Wildman–Crippen MR) is 107 cm³/mol. The molecule has 1 aromatic heterocycles. The number of unbranched alkanes of at least 4 members (excludes halogenated alkanes) is 1. The highest BCUT2D eigenvalue weighted by Gasteiger charge is 2.18. The molecule has 0 radical (unpaired) electrons. The first-order valence-electron chi connectivity index (χ1n) is 8.86. The van der Waals surface area contributed by atoms with Gasteiger partial charge in [-0.25, -0.2) is 4.68 Å². The third kappa shape index (κ3) is 4.39. The molecule has 0 aliphatic carbocycles. The molecule has 0 atom stereocenters. The minimum Gasteiger partial charge on any atom is -0.320 e. The summed E-state index contributed by atoms with van der Waals surface area (Å²) < 4.78 is 26.9. The van der Waals surface area contributed by atoms with E-state index in [0.29, 0.717) is 29.1 Å². The van der Waals surface area contributed by atoms with Crippen LogP contribution in [0.1, 0.15) is 30.3 Å². The highest BCUT2D eigenvalue weighted by molar-refractivity contribution is 7.99. The Hall–Kier alpha value is -2.74. The van der Waals surface area contributed by atoms with Crippen LogP contribution in [0.25, 0.3) is 10.8 Å². The molecule has 0 bridgehead atoms. The van der Waals surface area contributed by atoms with Crippen LogP contribution in [-0.4, -0.2) is 21.4 Å². The molecule has 0 unspecified atom stereocenters. The van der Waals surface area contributed by atoms with Crippen molar-refractivity contribution in [3.63, 3.8) is 0 Å². The van der Waals surface area contributed by atoms with Crippen LogP contribution < -0.4 is 10.9 Å². The third-order valence-electron chi connectivity index (χ3n) is 4.16. The molecule has 0 aliphatic heterocycles. The summed E-state index contributed by atoms with van der Waals surface area (Å²) in [5.74, 6) is -3.16. The summed E-state index contributed by atoms with van der Waals surface area (Å²) in [7, 11) is 0. The quantitative estimate of drug-likeness (QED) is 0.578. The van der Waals surface area contributed by atoms with Gasteiger partial charge in [-0.05, 0) is 24.6 Å². The SMILES string of the molecule is CCCCn1nc(C(=O)Nc2ccccc2SC(F)F)c2ccccc2c1=O. The number of carbonyl (C=O) groups is 1. The second kappa shape index (κ2) is 8.97. The van der Waals surface area contributed by atoms with E-state index in [9.17, 15) is 18.4 Å². The number of thioether (sulfide) groups is 1. The summed E-state index contributed by atoms with van der Waals surface area (Å²) in [6.45, 7) is 2.40. The largest absolute Gasteiger partial charge is 0.320 e. The number of carbonyl (C=O) groups excluding carboxylic acids is 1. The summed E-state index contributed by atoms with van der Waals surface area (Å²) in [6, 6.07) is 13.1. The average molecular weight is 403 g/mol. The van der Waals surface area contributed by atoms with Gasteiger partial charge in [0.15, 0.2) is 5.69 Å². The molecule has 3 rings (SSSR count). The van der Waals surface area contributed by atoms with E-state index in [1.807, 2.05) is 6.92 Å². The van der Waals surface area contributed by atoms with Crippen molar-refractivity contribution < 1.29 is 13.6 Å². The summed E-state index contributed by atoms with van der Waals surface area (Å²) in [5, 5.41) is 7.74. The molecule has 3 aromatic rings. The van der Waals surface area contributed by atoms with Gasteiger partial charge in [-0.3, -0.25) is 9.59 Å². The van der Waals surface area contributed by atoms with Crippen molar-refractivity contribution in [1.29, 1.82) is 0 Å². The van der Waals surface area contributed by atoms with Crippen molar-refractivity contribution in [2.75, 3.05) is 5.32 Å². The molecule has 1 amide bonds. The normalized spacial score (nSPS) is 11.1. The molecule has 2 aromatic carbocycles. The van der Waals surface area contributed by atoms with Crippen LogP contribution >= 0.6 is 11.8 Å². The van der Waals surface area contributed by atoms with Gasteiger partial charge in [0.25, 0.3) is 17.2 Å². The number of anilines is 1. The van der Waals surface area contributed by atoms with E-state index < -0.39 is 11.7 Å². The number of rotatable bonds is 7. The van der Waals surface area contributed by atoms with E-state index in [2.05, 4.69) is 10.4 Å². The van der Waals surface area contributed by atoms with Gasteiger partial charge in [-0.15, -0.1) is 0 Å². The molecule has 146 valence electrons. The topological polar surface area (TPSA) is 64.0 Å². The first-order chi connectivity index (χ1) is 13.5. The van der Waals surface area contributed by atoms with Crippen molar-refractivity contribution in [2.24, 2.45) is 0 Å². The Balaban J connectivity index is 2.02. The smallest absolute Gasteiger partial charge is 0.288 e. The van der Waals surface area contributed by atoms with Gasteiger partial charge in [0.2, 0.25) is 0 Å². The minimum atomic E-state index is -2.60. The second-order valence-corrected chi connectivity index (χ2v) is 7.14. The Kier molecular flexibility index (Phi) is 6.41. The van der Waals surface area contributed by atoms with Crippen LogP contribution in [0.4, 0.5) is 14.5 Å². The van der Waals surface area contributed by atoms with Gasteiger partial charge in [0, 0.05) is 16.8 Å². The van der Waals surface area contributed by atoms with Crippen LogP contribution in [0.15, 0.2) is 58.2 Å². The van der Waals surface area contributed by atoms with E-state index in [0.717, 1.165) is 12.8 Å². The maximum Gasteiger partial charge on any atom is 0.288 e. The molecular formula is C20H19F2N3O2S. The van der Waals surface area contributed by atoms with Crippen molar-refractivity contribution >= 4 is 34.1 Å². The van der Waals surface area contributed by atoms with E-state index in [1.165, 1.54) is 10.7 Å². The van der Waals surface area contributed by atoms with Crippen LogP contribution in [-0.2, 0) is 6.54 Å². The monoisotopic (exact) mass is 403 g/mol. The fourth-order valence-electron chi connectivity index (χ4n) is 2.81. The lowest BCUT2D eigenvalue weighted by molar-refractivity contribution is 0.102. The molecule has 28 heavy (non-hydrogen) atoms. The molecule has 1 N–H and O–H groups in total. The average Bonchev–Trinajstić information content (AvgIpc) is 2.68. The molecule has 0 saturated carbocycles. The fourth-order valence-corrected chi connectivity index (χ4v) is 3.41. The third-order valence-corrected chi connectivity index (χ3v) is 4.95. The summed E-state index contributed by atoms with van der Waals surface area (Å²) in [6.07, 6.45) is 1.63. The number of aromatic nitrogens is 2. The van der Waals surface area contributed by atoms with E-state index >= 15 is 0 Å². The first kappa shape index (κ1) is 20.0. The van der Waals surface area contributed by atoms with Gasteiger partial charge in [0.05, 0.1) is 11.1 Å². The van der Waals surface area contributed by atoms with Crippen molar-refractivity contribution in [2.45, 2.75) is 37.0 Å². The lowest BCUT2D eigenvalue weighted by atomic mass is 10.1. The predicted octanol–water partition coefficient (Wildman–Crippen LogP) is 4.76. The number of nitrogens with zero attached hydrogens (tertiary/aromatic N) is 2. The highest BCUT2D eigenvalue weighted by Crippen LogP contribution is 2.32. The Bertz CT molecular complexity index is 1050. The number of para-hydroxylation sites is 1. The number of benzene rings is 2. The lowest BCUT2D eigenvalue weighted by Crippen LogP contribution is -2.27. The van der Waals surface area contributed by atoms with Crippen LogP contribution in [0.2, 0.25) is 0 Å². The number of aryl methyl sites for hydroxylation is 1. The molecule has 1 heterocycles. The van der Waals surface area contributed by atoms with E-state index in [1.54, 1.807) is 42.5 Å². The van der Waals surface area contributed by atoms with Gasteiger partial charge < -0.3 is 5.32 Å². The number of halogens is 2. The number of alkyl halides is 2.